The summed E-state index contributed by atoms with van der Waals surface area (Å²) in [6.07, 6.45) is 0. The standard InChI is InChI=1S/C10H14O2S/c1-3-13-7-8-4-5-10(12-2)9(11)6-8/h4-6,11H,3,7H2,1-2H3. The van der Waals surface area contributed by atoms with E-state index in [0.717, 1.165) is 17.1 Å². The second-order valence-electron chi connectivity index (χ2n) is 2.64. The van der Waals surface area contributed by atoms with Crippen molar-refractivity contribution in [2.75, 3.05) is 12.9 Å². The first kappa shape index (κ1) is 10.3. The van der Waals surface area contributed by atoms with E-state index in [9.17, 15) is 5.11 Å². The van der Waals surface area contributed by atoms with Gasteiger partial charge in [-0.05, 0) is 23.4 Å². The summed E-state index contributed by atoms with van der Waals surface area (Å²) in [7, 11) is 1.55. The quantitative estimate of drug-likeness (QED) is 0.806. The highest BCUT2D eigenvalue weighted by atomic mass is 32.2. The van der Waals surface area contributed by atoms with Crippen LogP contribution in [0.25, 0.3) is 0 Å². The lowest BCUT2D eigenvalue weighted by atomic mass is 10.2. The average molecular weight is 198 g/mol. The summed E-state index contributed by atoms with van der Waals surface area (Å²) in [6, 6.07) is 5.52. The van der Waals surface area contributed by atoms with Crippen molar-refractivity contribution < 1.29 is 9.84 Å². The lowest BCUT2D eigenvalue weighted by molar-refractivity contribution is 0.373. The predicted molar refractivity (Wildman–Crippen MR) is 56.5 cm³/mol. The van der Waals surface area contributed by atoms with E-state index in [1.54, 1.807) is 19.2 Å². The van der Waals surface area contributed by atoms with Crippen molar-refractivity contribution in [3.8, 4) is 11.5 Å². The molecule has 0 amide bonds. The number of methoxy groups -OCH3 is 1. The summed E-state index contributed by atoms with van der Waals surface area (Å²) >= 11 is 1.83. The average Bonchev–Trinajstić information content (AvgIpc) is 2.15. The molecule has 0 unspecified atom stereocenters. The van der Waals surface area contributed by atoms with Crippen LogP contribution in [0, 0.1) is 0 Å². The van der Waals surface area contributed by atoms with Gasteiger partial charge in [0, 0.05) is 5.75 Å². The lowest BCUT2D eigenvalue weighted by Gasteiger charge is -2.05. The molecule has 0 bridgehead atoms. The molecule has 0 radical (unpaired) electrons. The number of hydrogen-bond donors (Lipinski definition) is 1. The monoisotopic (exact) mass is 198 g/mol. The van der Waals surface area contributed by atoms with E-state index in [-0.39, 0.29) is 5.75 Å². The van der Waals surface area contributed by atoms with Crippen molar-refractivity contribution in [2.24, 2.45) is 0 Å². The van der Waals surface area contributed by atoms with Crippen LogP contribution in [-0.2, 0) is 5.75 Å². The SMILES string of the molecule is CCSCc1ccc(OC)c(O)c1. The van der Waals surface area contributed by atoms with E-state index >= 15 is 0 Å². The van der Waals surface area contributed by atoms with E-state index in [2.05, 4.69) is 6.92 Å². The second-order valence-corrected chi connectivity index (χ2v) is 3.92. The molecule has 1 N–H and O–H groups in total. The van der Waals surface area contributed by atoms with Gasteiger partial charge in [-0.2, -0.15) is 11.8 Å². The maximum absolute atomic E-state index is 9.46. The highest BCUT2D eigenvalue weighted by Gasteiger charge is 2.01. The largest absolute Gasteiger partial charge is 0.504 e. The van der Waals surface area contributed by atoms with Crippen molar-refractivity contribution in [2.45, 2.75) is 12.7 Å². The molecule has 1 aromatic carbocycles. The molecule has 2 nitrogen and oxygen atoms in total. The second kappa shape index (κ2) is 5.02. The van der Waals surface area contributed by atoms with Crippen LogP contribution in [0.2, 0.25) is 0 Å². The van der Waals surface area contributed by atoms with Gasteiger partial charge in [-0.15, -0.1) is 0 Å². The molecule has 0 heterocycles. The van der Waals surface area contributed by atoms with Gasteiger partial charge in [0.15, 0.2) is 11.5 Å². The molecule has 1 aromatic rings. The lowest BCUT2D eigenvalue weighted by Crippen LogP contribution is -1.86. The fraction of sp³-hybridized carbons (Fsp3) is 0.400. The number of thioether (sulfide) groups is 1. The van der Waals surface area contributed by atoms with E-state index in [4.69, 9.17) is 4.74 Å². The number of phenolic OH excluding ortho intramolecular Hbond substituents is 1. The van der Waals surface area contributed by atoms with Gasteiger partial charge >= 0.3 is 0 Å². The maximum Gasteiger partial charge on any atom is 0.160 e. The molecule has 0 aliphatic heterocycles. The number of aromatic hydroxyl groups is 1. The number of rotatable bonds is 4. The third kappa shape index (κ3) is 2.84. The molecule has 13 heavy (non-hydrogen) atoms. The van der Waals surface area contributed by atoms with Gasteiger partial charge in [-0.3, -0.25) is 0 Å². The van der Waals surface area contributed by atoms with Crippen LogP contribution in [0.5, 0.6) is 11.5 Å². The Balaban J connectivity index is 2.71. The topological polar surface area (TPSA) is 29.5 Å². The van der Waals surface area contributed by atoms with Crippen LogP contribution in [0.1, 0.15) is 12.5 Å². The minimum absolute atomic E-state index is 0.219. The van der Waals surface area contributed by atoms with Gasteiger partial charge in [-0.1, -0.05) is 13.0 Å². The normalized spacial score (nSPS) is 10.0. The van der Waals surface area contributed by atoms with Crippen LogP contribution in [-0.4, -0.2) is 18.0 Å². The highest BCUT2D eigenvalue weighted by molar-refractivity contribution is 7.98. The Hall–Kier alpha value is -0.830. The highest BCUT2D eigenvalue weighted by Crippen LogP contribution is 2.27. The first-order valence-corrected chi connectivity index (χ1v) is 5.37. The summed E-state index contributed by atoms with van der Waals surface area (Å²) in [5.41, 5.74) is 1.13. The van der Waals surface area contributed by atoms with Crippen molar-refractivity contribution in [3.05, 3.63) is 23.8 Å². The zero-order chi connectivity index (χ0) is 9.68. The Morgan fingerprint density at radius 1 is 1.46 bits per heavy atom. The van der Waals surface area contributed by atoms with Crippen molar-refractivity contribution in [1.82, 2.24) is 0 Å². The molecule has 0 saturated carbocycles. The fourth-order valence-corrected chi connectivity index (χ4v) is 1.66. The molecular formula is C10H14O2S. The minimum atomic E-state index is 0.219. The zero-order valence-electron chi connectivity index (χ0n) is 7.91. The van der Waals surface area contributed by atoms with Crippen LogP contribution in [0.4, 0.5) is 0 Å². The molecule has 0 saturated heterocycles. The third-order valence-corrected chi connectivity index (χ3v) is 2.66. The Kier molecular flexibility index (Phi) is 3.96. The Morgan fingerprint density at radius 3 is 2.77 bits per heavy atom. The number of benzene rings is 1. The molecule has 0 aliphatic carbocycles. The summed E-state index contributed by atoms with van der Waals surface area (Å²) in [6.45, 7) is 2.12. The van der Waals surface area contributed by atoms with Gasteiger partial charge in [0.25, 0.3) is 0 Å². The van der Waals surface area contributed by atoms with Crippen molar-refractivity contribution in [1.29, 1.82) is 0 Å². The number of ether oxygens (including phenoxy) is 1. The van der Waals surface area contributed by atoms with Gasteiger partial charge in [0.1, 0.15) is 0 Å². The maximum atomic E-state index is 9.46. The number of phenols is 1. The summed E-state index contributed by atoms with van der Waals surface area (Å²) in [5.74, 6) is 2.78. The van der Waals surface area contributed by atoms with E-state index < -0.39 is 0 Å². The van der Waals surface area contributed by atoms with Crippen LogP contribution < -0.4 is 4.74 Å². The van der Waals surface area contributed by atoms with E-state index in [1.807, 2.05) is 17.8 Å². The van der Waals surface area contributed by atoms with Crippen molar-refractivity contribution >= 4 is 11.8 Å². The molecule has 0 spiro atoms. The van der Waals surface area contributed by atoms with Crippen LogP contribution in [0.3, 0.4) is 0 Å². The van der Waals surface area contributed by atoms with Crippen molar-refractivity contribution in [3.63, 3.8) is 0 Å². The van der Waals surface area contributed by atoms with Gasteiger partial charge in [0.05, 0.1) is 7.11 Å². The van der Waals surface area contributed by atoms with E-state index in [1.165, 1.54) is 0 Å². The molecule has 72 valence electrons. The predicted octanol–water partition coefficient (Wildman–Crippen LogP) is 2.65. The Bertz CT molecular complexity index is 274. The van der Waals surface area contributed by atoms with E-state index in [0.29, 0.717) is 5.75 Å². The smallest absolute Gasteiger partial charge is 0.160 e. The molecule has 0 aliphatic rings. The summed E-state index contributed by atoms with van der Waals surface area (Å²) in [5, 5.41) is 9.46. The zero-order valence-corrected chi connectivity index (χ0v) is 8.73. The summed E-state index contributed by atoms with van der Waals surface area (Å²) < 4.78 is 4.95. The first-order chi connectivity index (χ1) is 6.27. The van der Waals surface area contributed by atoms with Crippen LogP contribution >= 0.6 is 11.8 Å². The molecule has 0 aromatic heterocycles. The molecule has 0 atom stereocenters. The van der Waals surface area contributed by atoms with Gasteiger partial charge in [-0.25, -0.2) is 0 Å². The Labute approximate surface area is 82.9 Å². The first-order valence-electron chi connectivity index (χ1n) is 4.21. The third-order valence-electron chi connectivity index (χ3n) is 1.72. The minimum Gasteiger partial charge on any atom is -0.504 e. The molecular weight excluding hydrogens is 184 g/mol. The Morgan fingerprint density at radius 2 is 2.23 bits per heavy atom. The molecule has 3 heteroatoms. The summed E-state index contributed by atoms with van der Waals surface area (Å²) in [4.78, 5) is 0. The number of hydrogen-bond acceptors (Lipinski definition) is 3. The molecule has 1 rings (SSSR count). The van der Waals surface area contributed by atoms with Gasteiger partial charge < -0.3 is 9.84 Å². The van der Waals surface area contributed by atoms with Crippen LogP contribution in [0.15, 0.2) is 18.2 Å². The fourth-order valence-electron chi connectivity index (χ4n) is 1.05. The van der Waals surface area contributed by atoms with Gasteiger partial charge in [0.2, 0.25) is 0 Å². The molecule has 0 fully saturated rings.